The molecule has 2 N–H and O–H groups in total. The molecule has 1 heterocycles. The van der Waals surface area contributed by atoms with Crippen molar-refractivity contribution in [1.29, 1.82) is 0 Å². The van der Waals surface area contributed by atoms with E-state index in [-0.39, 0.29) is 30.2 Å². The molecular formula is C18H24N4O6S. The molecule has 2 aromatic rings. The molecule has 1 aromatic heterocycles. The third-order valence-electron chi connectivity index (χ3n) is 4.53. The molecular weight excluding hydrogens is 400 g/mol. The van der Waals surface area contributed by atoms with Crippen molar-refractivity contribution in [2.75, 3.05) is 24.9 Å². The van der Waals surface area contributed by atoms with Crippen molar-refractivity contribution in [2.45, 2.75) is 19.8 Å². The molecule has 0 aliphatic heterocycles. The van der Waals surface area contributed by atoms with Crippen LogP contribution in [0.15, 0.2) is 29.1 Å². The van der Waals surface area contributed by atoms with Crippen LogP contribution in [0.5, 0.6) is 0 Å². The van der Waals surface area contributed by atoms with E-state index in [1.54, 1.807) is 38.2 Å². The lowest BCUT2D eigenvalue weighted by molar-refractivity contribution is -0.120. The van der Waals surface area contributed by atoms with Crippen molar-refractivity contribution < 1.29 is 22.6 Å². The van der Waals surface area contributed by atoms with Gasteiger partial charge in [-0.2, -0.15) is 8.42 Å². The van der Waals surface area contributed by atoms with E-state index in [1.165, 1.54) is 23.5 Å². The van der Waals surface area contributed by atoms with Gasteiger partial charge in [0.1, 0.15) is 11.6 Å². The molecule has 0 saturated carbocycles. The van der Waals surface area contributed by atoms with Crippen LogP contribution in [0.1, 0.15) is 28.9 Å². The fourth-order valence-electron chi connectivity index (χ4n) is 3.04. The standard InChI is InChI=1S/C18H24N4O6S/c1-12-17(20(3)11-29(26,27)28)18(25)22(21(12)4)14-7-5-6-13(10-14)15(23)8-9-16(24)19-2/h5-7,10H,8-9,11H2,1-4H3,(H,19,24)(H,26,27,28). The normalized spacial score (nSPS) is 11.3. The quantitative estimate of drug-likeness (QED) is 0.465. The van der Waals surface area contributed by atoms with Crippen LogP contribution in [0.25, 0.3) is 5.69 Å². The van der Waals surface area contributed by atoms with Gasteiger partial charge < -0.3 is 10.2 Å². The van der Waals surface area contributed by atoms with Gasteiger partial charge in [0.25, 0.3) is 15.7 Å². The Morgan fingerprint density at radius 3 is 2.48 bits per heavy atom. The molecule has 0 aliphatic rings. The molecule has 0 unspecified atom stereocenters. The first kappa shape index (κ1) is 22.4. The number of ketones is 1. The van der Waals surface area contributed by atoms with Gasteiger partial charge in [-0.05, 0) is 19.1 Å². The second-order valence-electron chi connectivity index (χ2n) is 6.63. The summed E-state index contributed by atoms with van der Waals surface area (Å²) in [7, 11) is 0.195. The number of nitrogens with one attached hydrogen (secondary N) is 1. The summed E-state index contributed by atoms with van der Waals surface area (Å²) in [6.45, 7) is 1.64. The van der Waals surface area contributed by atoms with Gasteiger partial charge in [0.05, 0.1) is 11.4 Å². The zero-order valence-electron chi connectivity index (χ0n) is 16.7. The molecule has 0 bridgehead atoms. The number of hydrogen-bond acceptors (Lipinski definition) is 6. The number of hydrogen-bond donors (Lipinski definition) is 2. The van der Waals surface area contributed by atoms with Crippen molar-refractivity contribution >= 4 is 27.5 Å². The minimum absolute atomic E-state index is 0.0343. The van der Waals surface area contributed by atoms with Crippen LogP contribution in [-0.2, 0) is 22.0 Å². The minimum atomic E-state index is -4.32. The third-order valence-corrected chi connectivity index (χ3v) is 5.25. The van der Waals surface area contributed by atoms with Crippen LogP contribution in [0.4, 0.5) is 5.69 Å². The average molecular weight is 424 g/mol. The van der Waals surface area contributed by atoms with Crippen LogP contribution in [-0.4, -0.2) is 54.0 Å². The Morgan fingerprint density at radius 1 is 1.24 bits per heavy atom. The Morgan fingerprint density at radius 2 is 1.90 bits per heavy atom. The molecule has 2 rings (SSSR count). The average Bonchev–Trinajstić information content (AvgIpc) is 2.86. The molecule has 0 radical (unpaired) electrons. The van der Waals surface area contributed by atoms with E-state index < -0.39 is 21.6 Å². The maximum absolute atomic E-state index is 13.0. The predicted octanol–water partition coefficient (Wildman–Crippen LogP) is 0.475. The van der Waals surface area contributed by atoms with Crippen LogP contribution < -0.4 is 15.8 Å². The molecule has 0 saturated heterocycles. The predicted molar refractivity (Wildman–Crippen MR) is 108 cm³/mol. The van der Waals surface area contributed by atoms with E-state index in [4.69, 9.17) is 4.55 Å². The first-order valence-electron chi connectivity index (χ1n) is 8.75. The summed E-state index contributed by atoms with van der Waals surface area (Å²) in [4.78, 5) is 37.8. The van der Waals surface area contributed by atoms with Crippen molar-refractivity contribution in [3.05, 3.63) is 45.9 Å². The highest BCUT2D eigenvalue weighted by Gasteiger charge is 2.22. The Labute approximate surface area is 168 Å². The van der Waals surface area contributed by atoms with E-state index in [0.717, 1.165) is 4.90 Å². The van der Waals surface area contributed by atoms with Crippen molar-refractivity contribution in [1.82, 2.24) is 14.7 Å². The number of Topliss-reactive ketones (excluding diaryl/α,β-unsaturated/α-hetero) is 1. The summed E-state index contributed by atoms with van der Waals surface area (Å²) in [6, 6.07) is 6.41. The lowest BCUT2D eigenvalue weighted by Gasteiger charge is -2.15. The number of anilines is 1. The van der Waals surface area contributed by atoms with Gasteiger partial charge in [0.2, 0.25) is 5.91 Å². The zero-order valence-corrected chi connectivity index (χ0v) is 17.5. The molecule has 29 heavy (non-hydrogen) atoms. The largest absolute Gasteiger partial charge is 0.359 e. The van der Waals surface area contributed by atoms with Gasteiger partial charge in [0, 0.05) is 39.5 Å². The Balaban J connectivity index is 2.43. The summed E-state index contributed by atoms with van der Waals surface area (Å²) < 4.78 is 34.3. The van der Waals surface area contributed by atoms with Crippen molar-refractivity contribution in [3.8, 4) is 5.69 Å². The number of carbonyl (C=O) groups excluding carboxylic acids is 2. The maximum Gasteiger partial charge on any atom is 0.295 e. The number of rotatable bonds is 8. The summed E-state index contributed by atoms with van der Waals surface area (Å²) in [5.41, 5.74) is 0.868. The van der Waals surface area contributed by atoms with Crippen LogP contribution >= 0.6 is 0 Å². The molecule has 1 amide bonds. The van der Waals surface area contributed by atoms with Crippen molar-refractivity contribution in [2.24, 2.45) is 7.05 Å². The third kappa shape index (κ3) is 5.12. The second-order valence-corrected chi connectivity index (χ2v) is 8.05. The smallest absolute Gasteiger partial charge is 0.295 e. The van der Waals surface area contributed by atoms with Crippen LogP contribution in [0.2, 0.25) is 0 Å². The first-order chi connectivity index (χ1) is 13.5. The molecule has 0 atom stereocenters. The zero-order chi connectivity index (χ0) is 21.9. The van der Waals surface area contributed by atoms with E-state index in [1.807, 2.05) is 0 Å². The van der Waals surface area contributed by atoms with E-state index in [0.29, 0.717) is 16.9 Å². The Bertz CT molecular complexity index is 1100. The summed E-state index contributed by atoms with van der Waals surface area (Å²) >= 11 is 0. The first-order valence-corrected chi connectivity index (χ1v) is 10.4. The van der Waals surface area contributed by atoms with Gasteiger partial charge in [-0.25, -0.2) is 4.68 Å². The van der Waals surface area contributed by atoms with Crippen LogP contribution in [0, 0.1) is 6.92 Å². The van der Waals surface area contributed by atoms with Gasteiger partial charge in [0.15, 0.2) is 5.78 Å². The van der Waals surface area contributed by atoms with E-state index in [9.17, 15) is 22.8 Å². The summed E-state index contributed by atoms with van der Waals surface area (Å²) in [6.07, 6.45) is 0.0971. The maximum atomic E-state index is 13.0. The van der Waals surface area contributed by atoms with Crippen LogP contribution in [0.3, 0.4) is 0 Å². The SMILES string of the molecule is CNC(=O)CCC(=O)c1cccc(-n2c(=O)c(N(C)CS(=O)(=O)O)c(C)n2C)c1. The van der Waals surface area contributed by atoms with Crippen molar-refractivity contribution in [3.63, 3.8) is 0 Å². The molecule has 0 aliphatic carbocycles. The fourth-order valence-corrected chi connectivity index (χ4v) is 3.66. The van der Waals surface area contributed by atoms with E-state index >= 15 is 0 Å². The number of aromatic nitrogens is 2. The number of benzene rings is 1. The lowest BCUT2D eigenvalue weighted by Crippen LogP contribution is -2.30. The molecule has 10 nitrogen and oxygen atoms in total. The monoisotopic (exact) mass is 424 g/mol. The molecule has 1 aromatic carbocycles. The fraction of sp³-hybridized carbons (Fsp3) is 0.389. The summed E-state index contributed by atoms with van der Waals surface area (Å²) in [5.74, 6) is -1.21. The Hall–Kier alpha value is -2.92. The topological polar surface area (TPSA) is 131 Å². The highest BCUT2D eigenvalue weighted by atomic mass is 32.2. The molecule has 11 heteroatoms. The number of amides is 1. The Kier molecular flexibility index (Phi) is 6.65. The highest BCUT2D eigenvalue weighted by molar-refractivity contribution is 7.85. The molecule has 0 fully saturated rings. The van der Waals surface area contributed by atoms with Gasteiger partial charge >= 0.3 is 0 Å². The second kappa shape index (κ2) is 8.62. The number of nitrogens with zero attached hydrogens (tertiary/aromatic N) is 3. The minimum Gasteiger partial charge on any atom is -0.359 e. The molecule has 158 valence electrons. The lowest BCUT2D eigenvalue weighted by atomic mass is 10.1. The highest BCUT2D eigenvalue weighted by Crippen LogP contribution is 2.19. The van der Waals surface area contributed by atoms with Gasteiger partial charge in [-0.15, -0.1) is 0 Å². The number of carbonyl (C=O) groups is 2. The van der Waals surface area contributed by atoms with Gasteiger partial charge in [-0.1, -0.05) is 12.1 Å². The van der Waals surface area contributed by atoms with E-state index in [2.05, 4.69) is 5.32 Å². The molecule has 0 spiro atoms. The summed E-state index contributed by atoms with van der Waals surface area (Å²) in [5, 5.41) is 2.45. The van der Waals surface area contributed by atoms with Gasteiger partial charge in [-0.3, -0.25) is 23.6 Å².